The van der Waals surface area contributed by atoms with E-state index in [4.69, 9.17) is 4.74 Å². The van der Waals surface area contributed by atoms with Crippen LogP contribution in [0.5, 0.6) is 0 Å². The molecule has 1 N–H and O–H groups in total. The normalized spacial score (nSPS) is 35.4. The first-order valence-electron chi connectivity index (χ1n) is 7.25. The maximum atomic E-state index is 5.78. The average molecular weight is 225 g/mol. The van der Waals surface area contributed by atoms with Crippen molar-refractivity contribution in [1.29, 1.82) is 0 Å². The summed E-state index contributed by atoms with van der Waals surface area (Å²) in [5.41, 5.74) is 0. The fourth-order valence-electron chi connectivity index (χ4n) is 3.26. The zero-order valence-electron chi connectivity index (χ0n) is 10.7. The largest absolute Gasteiger partial charge is 0.378 e. The van der Waals surface area contributed by atoms with Gasteiger partial charge in [0, 0.05) is 12.6 Å². The van der Waals surface area contributed by atoms with Gasteiger partial charge in [-0.3, -0.25) is 0 Å². The lowest BCUT2D eigenvalue weighted by molar-refractivity contribution is 0.0749. The predicted octanol–water partition coefficient (Wildman–Crippen LogP) is 3.11. The summed E-state index contributed by atoms with van der Waals surface area (Å²) in [6.45, 7) is 4.45. The van der Waals surface area contributed by atoms with E-state index >= 15 is 0 Å². The molecule has 0 amide bonds. The summed E-state index contributed by atoms with van der Waals surface area (Å²) in [5.74, 6) is 0.878. The van der Waals surface area contributed by atoms with Crippen molar-refractivity contribution in [3.63, 3.8) is 0 Å². The van der Waals surface area contributed by atoms with Gasteiger partial charge >= 0.3 is 0 Å². The predicted molar refractivity (Wildman–Crippen MR) is 67.6 cm³/mol. The zero-order chi connectivity index (χ0) is 11.2. The van der Waals surface area contributed by atoms with Gasteiger partial charge in [-0.15, -0.1) is 0 Å². The molecule has 0 aromatic heterocycles. The lowest BCUT2D eigenvalue weighted by atomic mass is 9.80. The summed E-state index contributed by atoms with van der Waals surface area (Å²) in [7, 11) is 0. The highest BCUT2D eigenvalue weighted by atomic mass is 16.5. The van der Waals surface area contributed by atoms with Gasteiger partial charge < -0.3 is 10.1 Å². The molecule has 2 aliphatic rings. The van der Waals surface area contributed by atoms with Gasteiger partial charge in [-0.1, -0.05) is 19.8 Å². The van der Waals surface area contributed by atoms with Gasteiger partial charge in [0.05, 0.1) is 6.10 Å². The van der Waals surface area contributed by atoms with Gasteiger partial charge in [0.2, 0.25) is 0 Å². The molecule has 1 aliphatic carbocycles. The van der Waals surface area contributed by atoms with Crippen LogP contribution in [0.3, 0.4) is 0 Å². The first kappa shape index (κ1) is 12.4. The standard InChI is InChI=1S/C14H27NO/c1-2-9-15-14-8-4-3-6-12(14)11-13-7-5-10-16-13/h12-15H,2-11H2,1H3. The molecule has 2 rings (SSSR count). The van der Waals surface area contributed by atoms with Crippen molar-refractivity contribution in [3.05, 3.63) is 0 Å². The van der Waals surface area contributed by atoms with Crippen LogP contribution in [0.1, 0.15) is 58.3 Å². The second-order valence-corrected chi connectivity index (χ2v) is 5.48. The van der Waals surface area contributed by atoms with Gasteiger partial charge in [0.1, 0.15) is 0 Å². The van der Waals surface area contributed by atoms with E-state index in [0.29, 0.717) is 6.10 Å². The summed E-state index contributed by atoms with van der Waals surface area (Å²) < 4.78 is 5.78. The Balaban J connectivity index is 1.78. The third-order valence-corrected chi connectivity index (χ3v) is 4.16. The second-order valence-electron chi connectivity index (χ2n) is 5.48. The van der Waals surface area contributed by atoms with Crippen LogP contribution in [0.25, 0.3) is 0 Å². The lowest BCUT2D eigenvalue weighted by Crippen LogP contribution is -2.40. The Kier molecular flexibility index (Phi) is 5.11. The molecule has 0 spiro atoms. The Morgan fingerprint density at radius 1 is 1.12 bits per heavy atom. The summed E-state index contributed by atoms with van der Waals surface area (Å²) in [6.07, 6.45) is 11.4. The molecule has 1 heterocycles. The number of rotatable bonds is 5. The molecule has 3 atom stereocenters. The zero-order valence-corrected chi connectivity index (χ0v) is 10.7. The summed E-state index contributed by atoms with van der Waals surface area (Å²) in [4.78, 5) is 0. The Bertz CT molecular complexity index is 189. The molecule has 2 nitrogen and oxygen atoms in total. The summed E-state index contributed by atoms with van der Waals surface area (Å²) >= 11 is 0. The van der Waals surface area contributed by atoms with E-state index in [1.54, 1.807) is 0 Å². The highest BCUT2D eigenvalue weighted by molar-refractivity contribution is 4.83. The maximum absolute atomic E-state index is 5.78. The molecule has 94 valence electrons. The molecule has 3 unspecified atom stereocenters. The van der Waals surface area contributed by atoms with Gasteiger partial charge in [-0.05, 0) is 51.0 Å². The van der Waals surface area contributed by atoms with Gasteiger partial charge in [0.25, 0.3) is 0 Å². The smallest absolute Gasteiger partial charge is 0.0579 e. The van der Waals surface area contributed by atoms with Crippen molar-refractivity contribution < 1.29 is 4.74 Å². The van der Waals surface area contributed by atoms with E-state index in [1.165, 1.54) is 57.9 Å². The quantitative estimate of drug-likeness (QED) is 0.776. The third-order valence-electron chi connectivity index (χ3n) is 4.16. The third kappa shape index (κ3) is 3.46. The monoisotopic (exact) mass is 225 g/mol. The molecule has 1 aliphatic heterocycles. The first-order chi connectivity index (χ1) is 7.90. The first-order valence-corrected chi connectivity index (χ1v) is 7.25. The highest BCUT2D eigenvalue weighted by Crippen LogP contribution is 2.31. The second kappa shape index (κ2) is 6.61. The molecule has 0 radical (unpaired) electrons. The molecular weight excluding hydrogens is 198 g/mol. The van der Waals surface area contributed by atoms with E-state index in [0.717, 1.165) is 18.6 Å². The fraction of sp³-hybridized carbons (Fsp3) is 1.00. The van der Waals surface area contributed by atoms with E-state index in [2.05, 4.69) is 12.2 Å². The van der Waals surface area contributed by atoms with Crippen LogP contribution in [0.2, 0.25) is 0 Å². The van der Waals surface area contributed by atoms with E-state index in [-0.39, 0.29) is 0 Å². The van der Waals surface area contributed by atoms with Crippen molar-refractivity contribution in [2.24, 2.45) is 5.92 Å². The van der Waals surface area contributed by atoms with Gasteiger partial charge in [-0.2, -0.15) is 0 Å². The Labute approximate surface area is 100 Å². The number of hydrogen-bond donors (Lipinski definition) is 1. The van der Waals surface area contributed by atoms with Crippen molar-refractivity contribution in [3.8, 4) is 0 Å². The van der Waals surface area contributed by atoms with Crippen LogP contribution in [0, 0.1) is 5.92 Å². The number of nitrogens with one attached hydrogen (secondary N) is 1. The van der Waals surface area contributed by atoms with Crippen LogP contribution >= 0.6 is 0 Å². The molecule has 0 aromatic carbocycles. The van der Waals surface area contributed by atoms with Crippen LogP contribution in [0.15, 0.2) is 0 Å². The minimum Gasteiger partial charge on any atom is -0.378 e. The van der Waals surface area contributed by atoms with Crippen molar-refractivity contribution in [1.82, 2.24) is 5.32 Å². The van der Waals surface area contributed by atoms with Gasteiger partial charge in [0.15, 0.2) is 0 Å². The minimum atomic E-state index is 0.578. The maximum Gasteiger partial charge on any atom is 0.0579 e. The Hall–Kier alpha value is -0.0800. The summed E-state index contributed by atoms with van der Waals surface area (Å²) in [5, 5.41) is 3.74. The Morgan fingerprint density at radius 2 is 2.00 bits per heavy atom. The molecule has 2 fully saturated rings. The average Bonchev–Trinajstić information content (AvgIpc) is 2.81. The summed E-state index contributed by atoms with van der Waals surface area (Å²) in [6, 6.07) is 0.776. The molecule has 1 saturated carbocycles. The molecule has 16 heavy (non-hydrogen) atoms. The van der Waals surface area contributed by atoms with E-state index in [1.807, 2.05) is 0 Å². The van der Waals surface area contributed by atoms with Crippen molar-refractivity contribution in [2.45, 2.75) is 70.4 Å². The van der Waals surface area contributed by atoms with Crippen LogP contribution in [-0.4, -0.2) is 25.3 Å². The number of ether oxygens (including phenoxy) is 1. The van der Waals surface area contributed by atoms with Crippen LogP contribution < -0.4 is 5.32 Å². The molecular formula is C14H27NO. The molecule has 0 bridgehead atoms. The van der Waals surface area contributed by atoms with Gasteiger partial charge in [-0.25, -0.2) is 0 Å². The molecule has 0 aromatic rings. The molecule has 1 saturated heterocycles. The highest BCUT2D eigenvalue weighted by Gasteiger charge is 2.28. The molecule has 2 heteroatoms. The topological polar surface area (TPSA) is 21.3 Å². The van der Waals surface area contributed by atoms with Crippen LogP contribution in [-0.2, 0) is 4.74 Å². The van der Waals surface area contributed by atoms with Crippen molar-refractivity contribution in [2.75, 3.05) is 13.2 Å². The van der Waals surface area contributed by atoms with E-state index in [9.17, 15) is 0 Å². The Morgan fingerprint density at radius 3 is 2.75 bits per heavy atom. The number of hydrogen-bond acceptors (Lipinski definition) is 2. The van der Waals surface area contributed by atoms with E-state index < -0.39 is 0 Å². The lowest BCUT2D eigenvalue weighted by Gasteiger charge is -2.33. The van der Waals surface area contributed by atoms with Crippen LogP contribution in [0.4, 0.5) is 0 Å². The fourth-order valence-corrected chi connectivity index (χ4v) is 3.26. The minimum absolute atomic E-state index is 0.578. The SMILES string of the molecule is CCCNC1CCCCC1CC1CCCO1. The van der Waals surface area contributed by atoms with Crippen molar-refractivity contribution >= 4 is 0 Å².